The van der Waals surface area contributed by atoms with E-state index in [1.54, 1.807) is 29.5 Å². The lowest BCUT2D eigenvalue weighted by atomic mass is 10.1. The van der Waals surface area contributed by atoms with Gasteiger partial charge in [0.2, 0.25) is 0 Å². The Kier molecular flexibility index (Phi) is 3.79. The van der Waals surface area contributed by atoms with Crippen molar-refractivity contribution in [3.8, 4) is 0 Å². The quantitative estimate of drug-likeness (QED) is 0.757. The number of nitrogens with one attached hydrogen (secondary N) is 1. The molecule has 2 heterocycles. The molecule has 2 N–H and O–H groups in total. The largest absolute Gasteiger partial charge is 0.478 e. The first-order valence-electron chi connectivity index (χ1n) is 6.47. The highest BCUT2D eigenvalue weighted by Crippen LogP contribution is 2.20. The summed E-state index contributed by atoms with van der Waals surface area (Å²) in [5, 5.41) is 17.3. The third-order valence-corrected chi connectivity index (χ3v) is 3.90. The first-order valence-corrected chi connectivity index (χ1v) is 7.41. The maximum absolute atomic E-state index is 11.0. The molecule has 0 amide bonds. The zero-order chi connectivity index (χ0) is 14.7. The number of carboxylic acids is 1. The van der Waals surface area contributed by atoms with Gasteiger partial charge in [0.1, 0.15) is 12.1 Å². The zero-order valence-corrected chi connectivity index (χ0v) is 11.9. The highest BCUT2D eigenvalue weighted by molar-refractivity contribution is 7.07. The summed E-state index contributed by atoms with van der Waals surface area (Å²) in [7, 11) is 0. The first-order chi connectivity index (χ1) is 10.2. The average molecular weight is 299 g/mol. The number of fused-ring (bicyclic) bond motifs is 1. The molecule has 0 atom stereocenters. The van der Waals surface area contributed by atoms with Crippen LogP contribution in [0.4, 0.5) is 5.82 Å². The second-order valence-electron chi connectivity index (χ2n) is 4.57. The standard InChI is InChI=1S/C15H13N3O2S/c19-15(20)11-1-2-12-13(7-11)17-9-18-14(12)16-5-3-10-4-6-21-8-10/h1-2,4,6-9H,3,5H2,(H,19,20)(H,16,17,18). The summed E-state index contributed by atoms with van der Waals surface area (Å²) in [5.41, 5.74) is 2.15. The number of aromatic nitrogens is 2. The third-order valence-electron chi connectivity index (χ3n) is 3.17. The molecule has 21 heavy (non-hydrogen) atoms. The molecule has 3 aromatic rings. The molecule has 2 aromatic heterocycles. The van der Waals surface area contributed by atoms with Crippen molar-refractivity contribution in [2.45, 2.75) is 6.42 Å². The van der Waals surface area contributed by atoms with E-state index in [-0.39, 0.29) is 5.56 Å². The Balaban J connectivity index is 1.80. The maximum Gasteiger partial charge on any atom is 0.335 e. The number of rotatable bonds is 5. The van der Waals surface area contributed by atoms with Crippen LogP contribution in [0.1, 0.15) is 15.9 Å². The van der Waals surface area contributed by atoms with Crippen LogP contribution < -0.4 is 5.32 Å². The fraction of sp³-hybridized carbons (Fsp3) is 0.133. The predicted molar refractivity (Wildman–Crippen MR) is 83.0 cm³/mol. The number of benzene rings is 1. The number of anilines is 1. The van der Waals surface area contributed by atoms with Gasteiger partial charge in [0.05, 0.1) is 11.1 Å². The van der Waals surface area contributed by atoms with Crippen LogP contribution >= 0.6 is 11.3 Å². The fourth-order valence-corrected chi connectivity index (χ4v) is 2.79. The van der Waals surface area contributed by atoms with E-state index in [2.05, 4.69) is 32.1 Å². The normalized spacial score (nSPS) is 10.7. The van der Waals surface area contributed by atoms with Gasteiger partial charge in [-0.2, -0.15) is 11.3 Å². The smallest absolute Gasteiger partial charge is 0.335 e. The Labute approximate surface area is 125 Å². The minimum atomic E-state index is -0.956. The third kappa shape index (κ3) is 3.00. The number of hydrogen-bond donors (Lipinski definition) is 2. The van der Waals surface area contributed by atoms with Crippen LogP contribution in [0.2, 0.25) is 0 Å². The Bertz CT molecular complexity index is 772. The molecule has 0 saturated carbocycles. The molecule has 3 rings (SSSR count). The Hall–Kier alpha value is -2.47. The molecule has 5 nitrogen and oxygen atoms in total. The minimum Gasteiger partial charge on any atom is -0.478 e. The summed E-state index contributed by atoms with van der Waals surface area (Å²) in [6, 6.07) is 6.97. The van der Waals surface area contributed by atoms with E-state index in [4.69, 9.17) is 5.11 Å². The van der Waals surface area contributed by atoms with Crippen molar-refractivity contribution < 1.29 is 9.90 Å². The lowest BCUT2D eigenvalue weighted by molar-refractivity contribution is 0.0697. The molecule has 0 spiro atoms. The second-order valence-corrected chi connectivity index (χ2v) is 5.35. The molecule has 0 aliphatic rings. The van der Waals surface area contributed by atoms with E-state index >= 15 is 0 Å². The van der Waals surface area contributed by atoms with Gasteiger partial charge in [-0.05, 0) is 47.0 Å². The minimum absolute atomic E-state index is 0.227. The van der Waals surface area contributed by atoms with Gasteiger partial charge in [0.25, 0.3) is 0 Å². The van der Waals surface area contributed by atoms with Crippen molar-refractivity contribution in [1.82, 2.24) is 9.97 Å². The van der Waals surface area contributed by atoms with E-state index in [1.165, 1.54) is 11.9 Å². The summed E-state index contributed by atoms with van der Waals surface area (Å²) in [6.07, 6.45) is 2.36. The monoisotopic (exact) mass is 299 g/mol. The molecule has 0 unspecified atom stereocenters. The van der Waals surface area contributed by atoms with E-state index in [9.17, 15) is 4.79 Å². The van der Waals surface area contributed by atoms with Crippen LogP contribution in [0.15, 0.2) is 41.4 Å². The van der Waals surface area contributed by atoms with Crippen molar-refractivity contribution in [2.24, 2.45) is 0 Å². The second kappa shape index (κ2) is 5.88. The summed E-state index contributed by atoms with van der Waals surface area (Å²) < 4.78 is 0. The Morgan fingerprint density at radius 2 is 2.19 bits per heavy atom. The van der Waals surface area contributed by atoms with Gasteiger partial charge in [0, 0.05) is 11.9 Å². The average Bonchev–Trinajstić information content (AvgIpc) is 3.00. The number of carboxylic acid groups (broad SMARTS) is 1. The van der Waals surface area contributed by atoms with Gasteiger partial charge >= 0.3 is 5.97 Å². The molecule has 0 fully saturated rings. The highest BCUT2D eigenvalue weighted by Gasteiger charge is 2.08. The van der Waals surface area contributed by atoms with Crippen LogP contribution in [0, 0.1) is 0 Å². The number of hydrogen-bond acceptors (Lipinski definition) is 5. The van der Waals surface area contributed by atoms with Crippen LogP contribution in [-0.2, 0) is 6.42 Å². The molecule has 0 aliphatic heterocycles. The Morgan fingerprint density at radius 1 is 1.29 bits per heavy atom. The summed E-state index contributed by atoms with van der Waals surface area (Å²) in [4.78, 5) is 19.3. The van der Waals surface area contributed by atoms with E-state index < -0.39 is 5.97 Å². The molecule has 0 radical (unpaired) electrons. The van der Waals surface area contributed by atoms with Gasteiger partial charge in [-0.25, -0.2) is 14.8 Å². The van der Waals surface area contributed by atoms with Crippen LogP contribution in [-0.4, -0.2) is 27.6 Å². The molecular weight excluding hydrogens is 286 g/mol. The lowest BCUT2D eigenvalue weighted by Crippen LogP contribution is -2.07. The number of nitrogens with zero attached hydrogens (tertiary/aromatic N) is 2. The van der Waals surface area contributed by atoms with Crippen LogP contribution in [0.25, 0.3) is 10.9 Å². The van der Waals surface area contributed by atoms with Crippen LogP contribution in [0.3, 0.4) is 0 Å². The summed E-state index contributed by atoms with van der Waals surface area (Å²) in [6.45, 7) is 0.767. The van der Waals surface area contributed by atoms with Crippen molar-refractivity contribution in [3.05, 3.63) is 52.5 Å². The molecule has 1 aromatic carbocycles. The summed E-state index contributed by atoms with van der Waals surface area (Å²) in [5.74, 6) is -0.227. The van der Waals surface area contributed by atoms with Gasteiger partial charge in [-0.3, -0.25) is 0 Å². The van der Waals surface area contributed by atoms with E-state index in [0.717, 1.165) is 24.2 Å². The number of aromatic carboxylic acids is 1. The van der Waals surface area contributed by atoms with Gasteiger partial charge in [-0.1, -0.05) is 0 Å². The lowest BCUT2D eigenvalue weighted by Gasteiger charge is -2.08. The SMILES string of the molecule is O=C(O)c1ccc2c(NCCc3ccsc3)ncnc2c1. The van der Waals surface area contributed by atoms with Crippen LogP contribution in [0.5, 0.6) is 0 Å². The van der Waals surface area contributed by atoms with E-state index in [1.807, 2.05) is 0 Å². The number of thiophene rings is 1. The first kappa shape index (κ1) is 13.5. The van der Waals surface area contributed by atoms with E-state index in [0.29, 0.717) is 5.52 Å². The topological polar surface area (TPSA) is 75.1 Å². The highest BCUT2D eigenvalue weighted by atomic mass is 32.1. The van der Waals surface area contributed by atoms with Crippen molar-refractivity contribution >= 4 is 34.0 Å². The maximum atomic E-state index is 11.0. The van der Waals surface area contributed by atoms with Crippen molar-refractivity contribution in [2.75, 3.05) is 11.9 Å². The molecular formula is C15H13N3O2S. The van der Waals surface area contributed by atoms with Crippen molar-refractivity contribution in [3.63, 3.8) is 0 Å². The molecule has 0 bridgehead atoms. The van der Waals surface area contributed by atoms with Gasteiger partial charge < -0.3 is 10.4 Å². The summed E-state index contributed by atoms with van der Waals surface area (Å²) >= 11 is 1.68. The Morgan fingerprint density at radius 3 is 2.95 bits per heavy atom. The molecule has 6 heteroatoms. The number of carbonyl (C=O) groups is 1. The zero-order valence-electron chi connectivity index (χ0n) is 11.1. The fourth-order valence-electron chi connectivity index (χ4n) is 2.09. The molecule has 0 aliphatic carbocycles. The molecule has 106 valence electrons. The molecule has 0 saturated heterocycles. The van der Waals surface area contributed by atoms with Crippen molar-refractivity contribution in [1.29, 1.82) is 0 Å². The van der Waals surface area contributed by atoms with Gasteiger partial charge in [0.15, 0.2) is 0 Å². The van der Waals surface area contributed by atoms with Gasteiger partial charge in [-0.15, -0.1) is 0 Å². The predicted octanol–water partition coefficient (Wildman–Crippen LogP) is 3.04.